The highest BCUT2D eigenvalue weighted by atomic mass is 32.2. The van der Waals surface area contributed by atoms with Gasteiger partial charge in [0.15, 0.2) is 0 Å². The van der Waals surface area contributed by atoms with Crippen molar-refractivity contribution in [2.24, 2.45) is 5.92 Å². The molecule has 0 bridgehead atoms. The number of carbonyl (C=O) groups excluding carboxylic acids is 2. The van der Waals surface area contributed by atoms with Gasteiger partial charge in [-0.15, -0.1) is 11.8 Å². The van der Waals surface area contributed by atoms with Crippen LogP contribution in [0.1, 0.15) is 41.7 Å². The average molecular weight is 503 g/mol. The van der Waals surface area contributed by atoms with Gasteiger partial charge in [0.25, 0.3) is 0 Å². The molecule has 0 aliphatic carbocycles. The van der Waals surface area contributed by atoms with E-state index >= 15 is 0 Å². The van der Waals surface area contributed by atoms with Crippen LogP contribution in [0.4, 0.5) is 0 Å². The number of thioether (sulfide) groups is 1. The molecule has 3 aromatic rings. The molecule has 3 rings (SSSR count). The first-order valence-corrected chi connectivity index (χ1v) is 13.8. The third kappa shape index (κ3) is 8.87. The zero-order valence-electron chi connectivity index (χ0n) is 21.9. The van der Waals surface area contributed by atoms with Crippen molar-refractivity contribution in [1.82, 2.24) is 10.2 Å². The summed E-state index contributed by atoms with van der Waals surface area (Å²) < 4.78 is 0. The van der Waals surface area contributed by atoms with E-state index in [9.17, 15) is 9.59 Å². The number of amides is 2. The molecule has 4 nitrogen and oxygen atoms in total. The lowest BCUT2D eigenvalue weighted by Crippen LogP contribution is -2.51. The van der Waals surface area contributed by atoms with Crippen LogP contribution in [0.5, 0.6) is 0 Å². The maximum Gasteiger partial charge on any atom is 0.243 e. The van der Waals surface area contributed by atoms with Crippen molar-refractivity contribution < 1.29 is 9.59 Å². The summed E-state index contributed by atoms with van der Waals surface area (Å²) in [4.78, 5) is 28.9. The van der Waals surface area contributed by atoms with Gasteiger partial charge in [0.2, 0.25) is 11.8 Å². The third-order valence-corrected chi connectivity index (χ3v) is 6.96. The molecule has 36 heavy (non-hydrogen) atoms. The zero-order chi connectivity index (χ0) is 25.9. The van der Waals surface area contributed by atoms with Gasteiger partial charge < -0.3 is 10.2 Å². The van der Waals surface area contributed by atoms with E-state index in [-0.39, 0.29) is 11.8 Å². The number of hydrogen-bond acceptors (Lipinski definition) is 3. The van der Waals surface area contributed by atoms with Crippen molar-refractivity contribution >= 4 is 23.6 Å². The number of nitrogens with one attached hydrogen (secondary N) is 1. The van der Waals surface area contributed by atoms with E-state index in [0.29, 0.717) is 31.2 Å². The van der Waals surface area contributed by atoms with Gasteiger partial charge in [-0.25, -0.2) is 0 Å². The minimum Gasteiger partial charge on any atom is -0.354 e. The van der Waals surface area contributed by atoms with Crippen molar-refractivity contribution in [1.29, 1.82) is 0 Å². The van der Waals surface area contributed by atoms with Crippen molar-refractivity contribution in [3.05, 3.63) is 107 Å². The molecule has 0 aliphatic heterocycles. The molecule has 190 valence electrons. The standard InChI is InChI=1S/C31H38N2O2S/c1-23(2)19-32-31(35)29(18-26-12-6-5-7-13-26)33(20-27-14-8-10-24(3)16-27)30(34)22-36-21-28-15-9-11-25(4)17-28/h5-17,23,29H,18-22H2,1-4H3,(H,32,35). The van der Waals surface area contributed by atoms with Crippen LogP contribution in [0.15, 0.2) is 78.9 Å². The first kappa shape index (κ1) is 27.5. The molecule has 3 aromatic carbocycles. The lowest BCUT2D eigenvalue weighted by molar-refractivity contribution is -0.139. The maximum absolute atomic E-state index is 13.7. The first-order valence-electron chi connectivity index (χ1n) is 12.6. The van der Waals surface area contributed by atoms with Gasteiger partial charge in [0.05, 0.1) is 5.75 Å². The molecule has 5 heteroatoms. The van der Waals surface area contributed by atoms with Crippen LogP contribution in [-0.4, -0.2) is 35.1 Å². The Morgan fingerprint density at radius 3 is 2.08 bits per heavy atom. The maximum atomic E-state index is 13.7. The van der Waals surface area contributed by atoms with E-state index in [2.05, 4.69) is 50.4 Å². The van der Waals surface area contributed by atoms with Crippen LogP contribution < -0.4 is 5.32 Å². The molecule has 0 saturated carbocycles. The Morgan fingerprint density at radius 1 is 0.833 bits per heavy atom. The third-order valence-electron chi connectivity index (χ3n) is 5.97. The minimum atomic E-state index is -0.585. The van der Waals surface area contributed by atoms with Crippen LogP contribution in [0.25, 0.3) is 0 Å². The van der Waals surface area contributed by atoms with Crippen LogP contribution in [0.2, 0.25) is 0 Å². The van der Waals surface area contributed by atoms with Gasteiger partial charge in [-0.05, 0) is 36.5 Å². The Labute approximate surface area is 220 Å². The number of benzene rings is 3. The lowest BCUT2D eigenvalue weighted by atomic mass is 10.0. The second-order valence-corrected chi connectivity index (χ2v) is 10.8. The molecule has 0 heterocycles. The topological polar surface area (TPSA) is 49.4 Å². The summed E-state index contributed by atoms with van der Waals surface area (Å²) in [7, 11) is 0. The monoisotopic (exact) mass is 502 g/mol. The summed E-state index contributed by atoms with van der Waals surface area (Å²) >= 11 is 1.60. The summed E-state index contributed by atoms with van der Waals surface area (Å²) in [6, 6.07) is 25.9. The quantitative estimate of drug-likeness (QED) is 0.333. The molecular formula is C31H38N2O2S. The number of hydrogen-bond donors (Lipinski definition) is 1. The second-order valence-electron chi connectivity index (χ2n) is 9.84. The van der Waals surface area contributed by atoms with Crippen LogP contribution in [0.3, 0.4) is 0 Å². The molecule has 1 unspecified atom stereocenters. The Kier molecular flexibility index (Phi) is 10.6. The Bertz CT molecular complexity index is 1130. The van der Waals surface area contributed by atoms with E-state index in [1.54, 1.807) is 16.7 Å². The first-order chi connectivity index (χ1) is 17.3. The molecule has 0 aliphatic rings. The van der Waals surface area contributed by atoms with E-state index in [1.165, 1.54) is 11.1 Å². The average Bonchev–Trinajstić information content (AvgIpc) is 2.85. The van der Waals surface area contributed by atoms with Gasteiger partial charge in [-0.2, -0.15) is 0 Å². The van der Waals surface area contributed by atoms with Gasteiger partial charge >= 0.3 is 0 Å². The normalized spacial score (nSPS) is 11.8. The number of carbonyl (C=O) groups is 2. The molecule has 0 fully saturated rings. The van der Waals surface area contributed by atoms with Crippen LogP contribution in [0, 0.1) is 19.8 Å². The molecular weight excluding hydrogens is 464 g/mol. The van der Waals surface area contributed by atoms with E-state index in [4.69, 9.17) is 0 Å². The Morgan fingerprint density at radius 2 is 1.44 bits per heavy atom. The van der Waals surface area contributed by atoms with Gasteiger partial charge in [-0.1, -0.05) is 104 Å². The summed E-state index contributed by atoms with van der Waals surface area (Å²) in [5.41, 5.74) is 5.62. The Hall–Kier alpha value is -3.05. The fourth-order valence-corrected chi connectivity index (χ4v) is 4.98. The molecule has 1 N–H and O–H groups in total. The molecule has 0 radical (unpaired) electrons. The molecule has 0 saturated heterocycles. The number of nitrogens with zero attached hydrogens (tertiary/aromatic N) is 1. The molecule has 0 aromatic heterocycles. The lowest BCUT2D eigenvalue weighted by Gasteiger charge is -2.32. The predicted molar refractivity (Wildman–Crippen MR) is 151 cm³/mol. The van der Waals surface area contributed by atoms with Gasteiger partial charge in [0.1, 0.15) is 6.04 Å². The highest BCUT2D eigenvalue weighted by Crippen LogP contribution is 2.19. The minimum absolute atomic E-state index is 0.0187. The van der Waals surface area contributed by atoms with Crippen molar-refractivity contribution in [3.63, 3.8) is 0 Å². The van der Waals surface area contributed by atoms with E-state index in [0.717, 1.165) is 22.4 Å². The van der Waals surface area contributed by atoms with E-state index < -0.39 is 6.04 Å². The van der Waals surface area contributed by atoms with Crippen LogP contribution in [-0.2, 0) is 28.3 Å². The smallest absolute Gasteiger partial charge is 0.243 e. The van der Waals surface area contributed by atoms with Crippen molar-refractivity contribution in [2.45, 2.75) is 52.5 Å². The fraction of sp³-hybridized carbons (Fsp3) is 0.355. The largest absolute Gasteiger partial charge is 0.354 e. The summed E-state index contributed by atoms with van der Waals surface area (Å²) in [5, 5.41) is 3.08. The fourth-order valence-electron chi connectivity index (χ4n) is 4.12. The van der Waals surface area contributed by atoms with E-state index in [1.807, 2.05) is 61.5 Å². The molecule has 1 atom stereocenters. The summed E-state index contributed by atoms with van der Waals surface area (Å²) in [6.45, 7) is 9.25. The van der Waals surface area contributed by atoms with Crippen LogP contribution >= 0.6 is 11.8 Å². The Balaban J connectivity index is 1.84. The highest BCUT2D eigenvalue weighted by molar-refractivity contribution is 7.99. The number of rotatable bonds is 12. The highest BCUT2D eigenvalue weighted by Gasteiger charge is 2.30. The number of aryl methyl sites for hydroxylation is 2. The predicted octanol–water partition coefficient (Wildman–Crippen LogP) is 5.95. The van der Waals surface area contributed by atoms with Crippen molar-refractivity contribution in [2.75, 3.05) is 12.3 Å². The summed E-state index contributed by atoms with van der Waals surface area (Å²) in [6.07, 6.45) is 0.477. The zero-order valence-corrected chi connectivity index (χ0v) is 22.7. The molecule has 0 spiro atoms. The van der Waals surface area contributed by atoms with Gasteiger partial charge in [0, 0.05) is 25.3 Å². The van der Waals surface area contributed by atoms with Crippen molar-refractivity contribution in [3.8, 4) is 0 Å². The SMILES string of the molecule is Cc1cccc(CSCC(=O)N(Cc2cccc(C)c2)C(Cc2ccccc2)C(=O)NCC(C)C)c1. The van der Waals surface area contributed by atoms with Gasteiger partial charge in [-0.3, -0.25) is 9.59 Å². The second kappa shape index (κ2) is 13.9. The molecule has 2 amide bonds. The summed E-state index contributed by atoms with van der Waals surface area (Å²) in [5.74, 6) is 1.29.